The Morgan fingerprint density at radius 3 is 2.96 bits per heavy atom. The fraction of sp³-hybridized carbons (Fsp3) is 0.636. The zero-order valence-electron chi connectivity index (χ0n) is 15.7. The van der Waals surface area contributed by atoms with Gasteiger partial charge in [0.2, 0.25) is 0 Å². The van der Waals surface area contributed by atoms with Gasteiger partial charge in [-0.2, -0.15) is 0 Å². The van der Waals surface area contributed by atoms with Crippen LogP contribution in [0.4, 0.5) is 0 Å². The smallest absolute Gasteiger partial charge is 0.165 e. The first-order chi connectivity index (χ1) is 12.7. The van der Waals surface area contributed by atoms with Gasteiger partial charge >= 0.3 is 0 Å². The van der Waals surface area contributed by atoms with Crippen molar-refractivity contribution in [3.05, 3.63) is 41.0 Å². The normalized spacial score (nSPS) is 34.3. The molecule has 0 bridgehead atoms. The third-order valence-corrected chi connectivity index (χ3v) is 7.36. The fourth-order valence-electron chi connectivity index (χ4n) is 6.12. The minimum absolute atomic E-state index is 0.346. The number of hydrogen-bond acceptors (Lipinski definition) is 4. The summed E-state index contributed by atoms with van der Waals surface area (Å²) in [7, 11) is 0. The molecular formula is C22H31NO3. The topological polar surface area (TPSA) is 64.7 Å². The quantitative estimate of drug-likeness (QED) is 0.357. The van der Waals surface area contributed by atoms with Gasteiger partial charge in [0.15, 0.2) is 5.75 Å². The van der Waals surface area contributed by atoms with Gasteiger partial charge in [-0.25, -0.2) is 5.26 Å². The summed E-state index contributed by atoms with van der Waals surface area (Å²) in [5, 5.41) is 8.94. The van der Waals surface area contributed by atoms with Gasteiger partial charge in [0.05, 0.1) is 13.2 Å². The minimum atomic E-state index is 0.346. The molecule has 0 aliphatic heterocycles. The van der Waals surface area contributed by atoms with E-state index in [1.165, 1.54) is 43.2 Å². The summed E-state index contributed by atoms with van der Waals surface area (Å²) in [5.41, 5.74) is 10.3. The molecular weight excluding hydrogens is 326 g/mol. The number of allylic oxidation sites excluding steroid dienone is 1. The summed E-state index contributed by atoms with van der Waals surface area (Å²) in [4.78, 5) is 4.44. The van der Waals surface area contributed by atoms with E-state index < -0.39 is 0 Å². The van der Waals surface area contributed by atoms with Gasteiger partial charge in [-0.05, 0) is 85.0 Å². The van der Waals surface area contributed by atoms with Crippen molar-refractivity contribution < 1.29 is 14.9 Å². The predicted octanol–water partition coefficient (Wildman–Crippen LogP) is 4.30. The molecule has 3 aliphatic carbocycles. The van der Waals surface area contributed by atoms with Crippen LogP contribution in [0.3, 0.4) is 0 Å². The third-order valence-electron chi connectivity index (χ3n) is 7.36. The van der Waals surface area contributed by atoms with Crippen LogP contribution in [0.5, 0.6) is 5.75 Å². The molecule has 0 spiro atoms. The van der Waals surface area contributed by atoms with Crippen LogP contribution in [0.2, 0.25) is 0 Å². The standard InChI is InChI=1S/C22H31NO3/c1-22-10-8-19-18-6-4-17(26-24)14-15(18)2-5-20(19)21(22)7-3-16(22)9-12-25-13-11-23/h4,6,9,14,19-21,24H,2-3,5,7-8,10-13,23H2,1H3/b16-9+. The Morgan fingerprint density at radius 1 is 1.27 bits per heavy atom. The lowest BCUT2D eigenvalue weighted by atomic mass is 9.55. The SMILES string of the molecule is CC12CCC3c4ccc(OO)cc4CCC3C1CC/C2=C\COCCN. The van der Waals surface area contributed by atoms with Crippen molar-refractivity contribution in [3.63, 3.8) is 0 Å². The highest BCUT2D eigenvalue weighted by Crippen LogP contribution is 2.62. The summed E-state index contributed by atoms with van der Waals surface area (Å²) in [5.74, 6) is 2.78. The zero-order valence-corrected chi connectivity index (χ0v) is 15.7. The molecule has 142 valence electrons. The number of nitrogens with two attached hydrogens (primary N) is 1. The molecule has 1 aromatic carbocycles. The van der Waals surface area contributed by atoms with Crippen LogP contribution in [0, 0.1) is 17.3 Å². The maximum absolute atomic E-state index is 8.94. The van der Waals surface area contributed by atoms with Gasteiger partial charge < -0.3 is 15.4 Å². The largest absolute Gasteiger partial charge is 0.376 e. The molecule has 4 nitrogen and oxygen atoms in total. The van der Waals surface area contributed by atoms with Crippen molar-refractivity contribution in [2.45, 2.75) is 51.4 Å². The highest BCUT2D eigenvalue weighted by atomic mass is 17.1. The summed E-state index contributed by atoms with van der Waals surface area (Å²) in [6.07, 6.45) is 9.75. The zero-order chi connectivity index (χ0) is 18.1. The molecule has 4 atom stereocenters. The van der Waals surface area contributed by atoms with Crippen molar-refractivity contribution in [2.75, 3.05) is 19.8 Å². The number of hydrogen-bond donors (Lipinski definition) is 2. The van der Waals surface area contributed by atoms with Crippen molar-refractivity contribution in [2.24, 2.45) is 23.0 Å². The van der Waals surface area contributed by atoms with Crippen molar-refractivity contribution in [3.8, 4) is 5.75 Å². The molecule has 0 aromatic heterocycles. The van der Waals surface area contributed by atoms with Crippen LogP contribution < -0.4 is 10.6 Å². The van der Waals surface area contributed by atoms with Crippen LogP contribution in [-0.2, 0) is 11.2 Å². The Balaban J connectivity index is 1.54. The molecule has 2 fully saturated rings. The first kappa shape index (κ1) is 18.0. The van der Waals surface area contributed by atoms with Crippen LogP contribution in [0.15, 0.2) is 29.8 Å². The third kappa shape index (κ3) is 2.98. The van der Waals surface area contributed by atoms with E-state index in [4.69, 9.17) is 15.7 Å². The second-order valence-electron chi connectivity index (χ2n) is 8.46. The molecule has 0 heterocycles. The Labute approximate surface area is 156 Å². The lowest BCUT2D eigenvalue weighted by Gasteiger charge is -2.49. The second kappa shape index (κ2) is 7.34. The van der Waals surface area contributed by atoms with Gasteiger partial charge in [-0.15, -0.1) is 0 Å². The molecule has 3 N–H and O–H groups in total. The molecule has 0 radical (unpaired) electrons. The summed E-state index contributed by atoms with van der Waals surface area (Å²) in [6, 6.07) is 6.12. The minimum Gasteiger partial charge on any atom is -0.376 e. The van der Waals surface area contributed by atoms with Gasteiger partial charge in [-0.1, -0.05) is 24.6 Å². The van der Waals surface area contributed by atoms with E-state index in [0.29, 0.717) is 36.8 Å². The van der Waals surface area contributed by atoms with E-state index in [1.807, 2.05) is 12.1 Å². The number of rotatable bonds is 5. The first-order valence-electron chi connectivity index (χ1n) is 10.1. The Hall–Kier alpha value is -1.36. The molecule has 26 heavy (non-hydrogen) atoms. The Morgan fingerprint density at radius 2 is 2.15 bits per heavy atom. The van der Waals surface area contributed by atoms with Gasteiger partial charge in [0.25, 0.3) is 0 Å². The monoisotopic (exact) mass is 357 g/mol. The lowest BCUT2D eigenvalue weighted by molar-refractivity contribution is -0.137. The average Bonchev–Trinajstić information content (AvgIpc) is 3.01. The average molecular weight is 357 g/mol. The summed E-state index contributed by atoms with van der Waals surface area (Å²) >= 11 is 0. The fourth-order valence-corrected chi connectivity index (χ4v) is 6.12. The van der Waals surface area contributed by atoms with Crippen molar-refractivity contribution in [1.82, 2.24) is 0 Å². The van der Waals surface area contributed by atoms with E-state index in [9.17, 15) is 0 Å². The summed E-state index contributed by atoms with van der Waals surface area (Å²) in [6.45, 7) is 4.43. The van der Waals surface area contributed by atoms with Crippen LogP contribution in [-0.4, -0.2) is 25.0 Å². The molecule has 4 heteroatoms. The maximum atomic E-state index is 8.94. The molecule has 3 aliphatic rings. The number of benzene rings is 1. The highest BCUT2D eigenvalue weighted by molar-refractivity contribution is 5.41. The van der Waals surface area contributed by atoms with Crippen molar-refractivity contribution in [1.29, 1.82) is 0 Å². The number of ether oxygens (including phenoxy) is 1. The predicted molar refractivity (Wildman–Crippen MR) is 102 cm³/mol. The van der Waals surface area contributed by atoms with E-state index in [-0.39, 0.29) is 0 Å². The van der Waals surface area contributed by atoms with Gasteiger partial charge in [0.1, 0.15) is 0 Å². The molecule has 0 saturated heterocycles. The van der Waals surface area contributed by atoms with E-state index >= 15 is 0 Å². The Kier molecular flexibility index (Phi) is 5.09. The number of fused-ring (bicyclic) bond motifs is 5. The van der Waals surface area contributed by atoms with Gasteiger partial charge in [-0.3, -0.25) is 0 Å². The van der Waals surface area contributed by atoms with Gasteiger partial charge in [0, 0.05) is 6.54 Å². The van der Waals surface area contributed by atoms with E-state index in [1.54, 1.807) is 5.57 Å². The van der Waals surface area contributed by atoms with Crippen LogP contribution in [0.25, 0.3) is 0 Å². The molecule has 2 saturated carbocycles. The van der Waals surface area contributed by atoms with Crippen LogP contribution >= 0.6 is 0 Å². The highest BCUT2D eigenvalue weighted by Gasteiger charge is 2.52. The van der Waals surface area contributed by atoms with E-state index in [0.717, 1.165) is 18.3 Å². The molecule has 4 unspecified atom stereocenters. The summed E-state index contributed by atoms with van der Waals surface area (Å²) < 4.78 is 5.61. The molecule has 0 amide bonds. The molecule has 4 rings (SSSR count). The van der Waals surface area contributed by atoms with Crippen LogP contribution in [0.1, 0.15) is 56.1 Å². The lowest BCUT2D eigenvalue weighted by Crippen LogP contribution is -2.40. The second-order valence-corrected chi connectivity index (χ2v) is 8.46. The maximum Gasteiger partial charge on any atom is 0.165 e. The molecule has 1 aromatic rings. The first-order valence-corrected chi connectivity index (χ1v) is 10.1. The Bertz CT molecular complexity index is 686. The van der Waals surface area contributed by atoms with Crippen molar-refractivity contribution >= 4 is 0 Å². The van der Waals surface area contributed by atoms with E-state index in [2.05, 4.69) is 24.0 Å². The number of aryl methyl sites for hydroxylation is 1.